The summed E-state index contributed by atoms with van der Waals surface area (Å²) in [6, 6.07) is 0. The maximum atomic E-state index is 2.69. The first-order valence-electron chi connectivity index (χ1n) is 11.6. The first-order chi connectivity index (χ1) is 11.6. The lowest BCUT2D eigenvalue weighted by atomic mass is 9.41. The molecule has 4 saturated carbocycles. The summed E-state index contributed by atoms with van der Waals surface area (Å²) < 4.78 is 0. The Morgan fingerprint density at radius 3 is 2.08 bits per heavy atom. The lowest BCUT2D eigenvalue weighted by Crippen LogP contribution is -2.57. The Hall–Kier alpha value is 0. The van der Waals surface area contributed by atoms with Gasteiger partial charge in [0.1, 0.15) is 0 Å². The van der Waals surface area contributed by atoms with E-state index < -0.39 is 0 Å². The van der Waals surface area contributed by atoms with Crippen LogP contribution in [0.1, 0.15) is 87.5 Å². The summed E-state index contributed by atoms with van der Waals surface area (Å²) in [5.74, 6) is 9.77. The molecule has 4 fully saturated rings. The van der Waals surface area contributed by atoms with Crippen molar-refractivity contribution in [3.63, 3.8) is 0 Å². The van der Waals surface area contributed by atoms with E-state index in [1.165, 1.54) is 32.1 Å². The summed E-state index contributed by atoms with van der Waals surface area (Å²) in [6.07, 6.45) is 7.56. The van der Waals surface area contributed by atoms with Crippen LogP contribution in [0.25, 0.3) is 0 Å². The SMILES string of the molecule is CC1CCC2C(C1)C(C)C(C)C1C2C(C)C[C@@]2(C)C1C[C@@H](C)C2(C)C. The molecule has 0 aromatic rings. The van der Waals surface area contributed by atoms with E-state index in [1.54, 1.807) is 0 Å². The maximum Gasteiger partial charge on any atom is -0.0238 e. The highest BCUT2D eigenvalue weighted by Crippen LogP contribution is 2.72. The van der Waals surface area contributed by atoms with Crippen molar-refractivity contribution in [2.75, 3.05) is 0 Å². The highest BCUT2D eigenvalue weighted by Gasteiger charge is 2.65. The molecular weight excluding hydrogens is 300 g/mol. The van der Waals surface area contributed by atoms with Gasteiger partial charge in [-0.2, -0.15) is 0 Å². The monoisotopic (exact) mass is 344 g/mol. The van der Waals surface area contributed by atoms with E-state index in [0.717, 1.165) is 59.2 Å². The Bertz CT molecular complexity index is 518. The van der Waals surface area contributed by atoms with Crippen molar-refractivity contribution in [1.29, 1.82) is 0 Å². The van der Waals surface area contributed by atoms with E-state index in [2.05, 4.69) is 55.4 Å². The molecule has 0 heteroatoms. The van der Waals surface area contributed by atoms with Crippen LogP contribution in [0.3, 0.4) is 0 Å². The molecular formula is C25H44. The van der Waals surface area contributed by atoms with E-state index >= 15 is 0 Å². The number of fused-ring (bicyclic) bond motifs is 5. The van der Waals surface area contributed by atoms with Gasteiger partial charge in [0.05, 0.1) is 0 Å². The highest BCUT2D eigenvalue weighted by molar-refractivity contribution is 5.13. The van der Waals surface area contributed by atoms with Crippen LogP contribution in [0.5, 0.6) is 0 Å². The molecule has 144 valence electrons. The molecule has 0 amide bonds. The Morgan fingerprint density at radius 2 is 1.40 bits per heavy atom. The summed E-state index contributed by atoms with van der Waals surface area (Å²) in [4.78, 5) is 0. The van der Waals surface area contributed by atoms with E-state index in [1.807, 2.05) is 0 Å². The molecule has 0 aromatic carbocycles. The van der Waals surface area contributed by atoms with Gasteiger partial charge in [-0.3, -0.25) is 0 Å². The van der Waals surface area contributed by atoms with Crippen molar-refractivity contribution in [2.24, 2.45) is 70.0 Å². The first kappa shape index (κ1) is 18.4. The fraction of sp³-hybridized carbons (Fsp3) is 1.00. The van der Waals surface area contributed by atoms with Gasteiger partial charge in [0.15, 0.2) is 0 Å². The zero-order valence-corrected chi connectivity index (χ0v) is 18.3. The van der Waals surface area contributed by atoms with Gasteiger partial charge >= 0.3 is 0 Å². The zero-order valence-electron chi connectivity index (χ0n) is 18.3. The first-order valence-corrected chi connectivity index (χ1v) is 11.6. The van der Waals surface area contributed by atoms with Gasteiger partial charge in [-0.25, -0.2) is 0 Å². The van der Waals surface area contributed by atoms with Crippen LogP contribution < -0.4 is 0 Å². The highest BCUT2D eigenvalue weighted by atomic mass is 14.7. The molecule has 0 heterocycles. The van der Waals surface area contributed by atoms with Crippen LogP contribution >= 0.6 is 0 Å². The second-order valence-electron chi connectivity index (χ2n) is 12.2. The predicted molar refractivity (Wildman–Crippen MR) is 108 cm³/mol. The Kier molecular flexibility index (Phi) is 4.22. The van der Waals surface area contributed by atoms with Crippen molar-refractivity contribution in [2.45, 2.75) is 87.5 Å². The zero-order chi connectivity index (χ0) is 18.3. The molecule has 4 aliphatic carbocycles. The van der Waals surface area contributed by atoms with Crippen molar-refractivity contribution >= 4 is 0 Å². The summed E-state index contributed by atoms with van der Waals surface area (Å²) >= 11 is 0. The van der Waals surface area contributed by atoms with Gasteiger partial charge in [0, 0.05) is 0 Å². The summed E-state index contributed by atoms with van der Waals surface area (Å²) in [5.41, 5.74) is 1.08. The largest absolute Gasteiger partial charge is 0.0625 e. The molecule has 0 radical (unpaired) electrons. The minimum Gasteiger partial charge on any atom is -0.0625 e. The fourth-order valence-electron chi connectivity index (χ4n) is 9.12. The van der Waals surface area contributed by atoms with E-state index in [0.29, 0.717) is 10.8 Å². The average molecular weight is 345 g/mol. The lowest BCUT2D eigenvalue weighted by molar-refractivity contribution is -0.152. The van der Waals surface area contributed by atoms with Crippen molar-refractivity contribution in [3.8, 4) is 0 Å². The number of hydrogen-bond acceptors (Lipinski definition) is 0. The normalized spacial score (nSPS) is 60.5. The van der Waals surface area contributed by atoms with Crippen LogP contribution in [0.2, 0.25) is 0 Å². The number of hydrogen-bond donors (Lipinski definition) is 0. The Balaban J connectivity index is 1.74. The van der Waals surface area contributed by atoms with Gasteiger partial charge in [-0.15, -0.1) is 0 Å². The molecule has 0 N–H and O–H groups in total. The molecule has 0 spiro atoms. The smallest absolute Gasteiger partial charge is 0.0238 e. The third-order valence-corrected chi connectivity index (χ3v) is 11.3. The second kappa shape index (κ2) is 5.75. The molecule has 4 rings (SSSR count). The average Bonchev–Trinajstić information content (AvgIpc) is 2.71. The second-order valence-corrected chi connectivity index (χ2v) is 12.2. The standard InChI is InChI=1S/C25H44/c1-14-9-10-19-20(11-14)17(4)18(5)23-21-12-16(3)24(6,7)25(21,8)13-15(2)22(19)23/h14-23H,9-13H2,1-8H3/t14?,15?,16-,17?,18?,19?,20?,21?,22?,23?,25+/m1/s1. The fourth-order valence-corrected chi connectivity index (χ4v) is 9.12. The summed E-state index contributed by atoms with van der Waals surface area (Å²) in [5, 5.41) is 0. The molecule has 4 aliphatic rings. The van der Waals surface area contributed by atoms with Gasteiger partial charge in [-0.1, -0.05) is 61.8 Å². The molecule has 0 aromatic heterocycles. The molecule has 0 saturated heterocycles. The van der Waals surface area contributed by atoms with Gasteiger partial charge < -0.3 is 0 Å². The minimum absolute atomic E-state index is 0.512. The van der Waals surface area contributed by atoms with Crippen LogP contribution in [0.15, 0.2) is 0 Å². The number of rotatable bonds is 0. The van der Waals surface area contributed by atoms with Crippen LogP contribution in [-0.2, 0) is 0 Å². The van der Waals surface area contributed by atoms with Gasteiger partial charge in [-0.05, 0) is 95.7 Å². The van der Waals surface area contributed by atoms with E-state index in [4.69, 9.17) is 0 Å². The Labute approximate surface area is 157 Å². The molecule has 25 heavy (non-hydrogen) atoms. The topological polar surface area (TPSA) is 0 Å². The molecule has 9 unspecified atom stereocenters. The molecule has 0 bridgehead atoms. The van der Waals surface area contributed by atoms with Crippen molar-refractivity contribution < 1.29 is 0 Å². The van der Waals surface area contributed by atoms with Crippen molar-refractivity contribution in [3.05, 3.63) is 0 Å². The lowest BCUT2D eigenvalue weighted by Gasteiger charge is -2.63. The molecule has 0 aliphatic heterocycles. The van der Waals surface area contributed by atoms with Crippen LogP contribution in [0.4, 0.5) is 0 Å². The summed E-state index contributed by atoms with van der Waals surface area (Å²) in [7, 11) is 0. The van der Waals surface area contributed by atoms with Gasteiger partial charge in [0.25, 0.3) is 0 Å². The van der Waals surface area contributed by atoms with Crippen molar-refractivity contribution in [1.82, 2.24) is 0 Å². The third kappa shape index (κ3) is 2.30. The van der Waals surface area contributed by atoms with Gasteiger partial charge in [0.2, 0.25) is 0 Å². The quantitative estimate of drug-likeness (QED) is 0.433. The van der Waals surface area contributed by atoms with Crippen LogP contribution in [0, 0.1) is 70.0 Å². The maximum absolute atomic E-state index is 2.69. The molecule has 11 atom stereocenters. The summed E-state index contributed by atoms with van der Waals surface area (Å²) in [6.45, 7) is 20.9. The van der Waals surface area contributed by atoms with E-state index in [9.17, 15) is 0 Å². The van der Waals surface area contributed by atoms with Crippen LogP contribution in [-0.4, -0.2) is 0 Å². The third-order valence-electron chi connectivity index (χ3n) is 11.3. The van der Waals surface area contributed by atoms with E-state index in [-0.39, 0.29) is 0 Å². The predicted octanol–water partition coefficient (Wildman–Crippen LogP) is 7.29. The minimum atomic E-state index is 0.512. The molecule has 0 nitrogen and oxygen atoms in total. The Morgan fingerprint density at radius 1 is 0.720 bits per heavy atom.